The Morgan fingerprint density at radius 2 is 1.63 bits per heavy atom. The molecule has 0 bridgehead atoms. The third-order valence-corrected chi connectivity index (χ3v) is 4.96. The monoisotopic (exact) mass is 388 g/mol. The van der Waals surface area contributed by atoms with Gasteiger partial charge >= 0.3 is 5.69 Å². The molecular weight excluding hydrogens is 352 g/mol. The van der Waals surface area contributed by atoms with E-state index in [1.54, 1.807) is 18.7 Å². The molecule has 3 nitrogen and oxygen atoms in total. The highest BCUT2D eigenvalue weighted by Gasteiger charge is 2.03. The van der Waals surface area contributed by atoms with E-state index >= 15 is 0 Å². The molecule has 0 amide bonds. The van der Waals surface area contributed by atoms with E-state index in [0.717, 1.165) is 17.7 Å². The van der Waals surface area contributed by atoms with Crippen molar-refractivity contribution in [3.63, 3.8) is 0 Å². The molecule has 1 aromatic carbocycles. The molecule has 0 aliphatic carbocycles. The fraction of sp³-hybridized carbons (Fsp3) is 0.478. The summed E-state index contributed by atoms with van der Waals surface area (Å²) >= 11 is 5.08. The third-order valence-electron chi connectivity index (χ3n) is 4.38. The molecule has 0 fully saturated rings. The van der Waals surface area contributed by atoms with Crippen LogP contribution in [0.3, 0.4) is 0 Å². The molecule has 4 heteroatoms. The number of rotatable bonds is 4. The summed E-state index contributed by atoms with van der Waals surface area (Å²) in [6.07, 6.45) is 9.17. The number of aromatic nitrogens is 2. The smallest absolute Gasteiger partial charge is 0.301 e. The first-order valence-corrected chi connectivity index (χ1v) is 10.1. The summed E-state index contributed by atoms with van der Waals surface area (Å²) in [4.78, 5) is 11.4. The summed E-state index contributed by atoms with van der Waals surface area (Å²) in [7, 11) is 3.44. The fourth-order valence-electron chi connectivity index (χ4n) is 2.37. The van der Waals surface area contributed by atoms with E-state index < -0.39 is 0 Å². The number of hydrogen-bond donors (Lipinski definition) is 0. The van der Waals surface area contributed by atoms with Gasteiger partial charge in [-0.2, -0.15) is 0 Å². The standard InChI is InChI=1S/C10H14.C8H12N2OS.C5H10/c1-2-3-7-10-8-5-4-6-9-10;1-5-6(2)9(3)8(11)10(4)7(5)12;1-3-5-4-2/h4-6,8-9H,2-3,7H2,1H3;1-4H3;3,5H,4H2,1-2H3/b;;5-3-. The molecule has 0 saturated carbocycles. The maximum Gasteiger partial charge on any atom is 0.328 e. The molecule has 1 aromatic heterocycles. The van der Waals surface area contributed by atoms with Crippen LogP contribution >= 0.6 is 12.2 Å². The Bertz CT molecular complexity index is 764. The Balaban J connectivity index is 0.000000408. The lowest BCUT2D eigenvalue weighted by molar-refractivity contribution is 0.670. The minimum absolute atomic E-state index is 0.0666. The molecule has 2 aromatic rings. The van der Waals surface area contributed by atoms with E-state index in [4.69, 9.17) is 12.2 Å². The molecule has 0 spiro atoms. The Labute approximate surface area is 170 Å². The van der Waals surface area contributed by atoms with E-state index in [9.17, 15) is 4.79 Å². The first kappa shape index (κ1) is 25.1. The van der Waals surface area contributed by atoms with Crippen molar-refractivity contribution in [2.24, 2.45) is 14.1 Å². The maximum atomic E-state index is 11.4. The summed E-state index contributed by atoms with van der Waals surface area (Å²) in [6, 6.07) is 10.6. The second-order valence-electron chi connectivity index (χ2n) is 6.48. The SMILES string of the molecule is C/C=C\CC.CCCCc1ccccc1.Cc1c(C)n(C)c(=O)n(C)c1=S. The highest BCUT2D eigenvalue weighted by molar-refractivity contribution is 7.71. The number of unbranched alkanes of at least 4 members (excludes halogenated alkanes) is 1. The fourth-order valence-corrected chi connectivity index (χ4v) is 2.60. The van der Waals surface area contributed by atoms with Gasteiger partial charge in [0.25, 0.3) is 0 Å². The van der Waals surface area contributed by atoms with Gasteiger partial charge in [-0.25, -0.2) is 4.79 Å². The highest BCUT2D eigenvalue weighted by atomic mass is 32.1. The van der Waals surface area contributed by atoms with Crippen molar-refractivity contribution < 1.29 is 0 Å². The molecule has 1 heterocycles. The molecular formula is C23H36N2OS. The zero-order valence-corrected chi connectivity index (χ0v) is 18.9. The van der Waals surface area contributed by atoms with Crippen LogP contribution in [-0.2, 0) is 20.5 Å². The van der Waals surface area contributed by atoms with Gasteiger partial charge in [-0.05, 0) is 45.6 Å². The maximum absolute atomic E-state index is 11.4. The molecule has 0 N–H and O–H groups in total. The van der Waals surface area contributed by atoms with E-state index in [1.165, 1.54) is 29.4 Å². The Morgan fingerprint density at radius 3 is 2.07 bits per heavy atom. The lowest BCUT2D eigenvalue weighted by atomic mass is 10.1. The minimum Gasteiger partial charge on any atom is -0.301 e. The van der Waals surface area contributed by atoms with Crippen LogP contribution in [0.25, 0.3) is 0 Å². The van der Waals surface area contributed by atoms with Gasteiger partial charge in [0.15, 0.2) is 0 Å². The summed E-state index contributed by atoms with van der Waals surface area (Å²) in [5.74, 6) is 0. The summed E-state index contributed by atoms with van der Waals surface area (Å²) < 4.78 is 3.71. The lowest BCUT2D eigenvalue weighted by Crippen LogP contribution is -2.29. The predicted octanol–water partition coefficient (Wildman–Crippen LogP) is 6.07. The lowest BCUT2D eigenvalue weighted by Gasteiger charge is -2.09. The van der Waals surface area contributed by atoms with Crippen LogP contribution in [0.2, 0.25) is 0 Å². The van der Waals surface area contributed by atoms with E-state index in [0.29, 0.717) is 4.64 Å². The van der Waals surface area contributed by atoms with Crippen molar-refractivity contribution >= 4 is 12.2 Å². The topological polar surface area (TPSA) is 26.9 Å². The number of allylic oxidation sites excluding steroid dienone is 2. The Kier molecular flexibility index (Phi) is 13.1. The van der Waals surface area contributed by atoms with Crippen LogP contribution in [0.15, 0.2) is 47.3 Å². The van der Waals surface area contributed by atoms with E-state index in [2.05, 4.69) is 56.3 Å². The van der Waals surface area contributed by atoms with Crippen molar-refractivity contribution in [1.29, 1.82) is 0 Å². The minimum atomic E-state index is -0.0666. The summed E-state index contributed by atoms with van der Waals surface area (Å²) in [5, 5.41) is 0. The second kappa shape index (κ2) is 14.2. The largest absolute Gasteiger partial charge is 0.328 e. The van der Waals surface area contributed by atoms with Crippen LogP contribution < -0.4 is 5.69 Å². The Morgan fingerprint density at radius 1 is 1.04 bits per heavy atom. The van der Waals surface area contributed by atoms with Crippen molar-refractivity contribution in [1.82, 2.24) is 9.13 Å². The average Bonchev–Trinajstić information content (AvgIpc) is 2.70. The van der Waals surface area contributed by atoms with Crippen LogP contribution in [0.5, 0.6) is 0 Å². The van der Waals surface area contributed by atoms with Crippen molar-refractivity contribution in [3.05, 3.63) is 74.4 Å². The second-order valence-corrected chi connectivity index (χ2v) is 6.87. The first-order chi connectivity index (χ1) is 12.8. The van der Waals surface area contributed by atoms with Gasteiger partial charge in [0, 0.05) is 25.4 Å². The molecule has 0 radical (unpaired) electrons. The number of benzene rings is 1. The first-order valence-electron chi connectivity index (χ1n) is 9.69. The molecule has 0 aliphatic rings. The zero-order valence-electron chi connectivity index (χ0n) is 18.1. The molecule has 2 rings (SSSR count). The molecule has 0 atom stereocenters. The van der Waals surface area contributed by atoms with Crippen LogP contribution in [0.4, 0.5) is 0 Å². The molecule has 27 heavy (non-hydrogen) atoms. The average molecular weight is 389 g/mol. The summed E-state index contributed by atoms with van der Waals surface area (Å²) in [6.45, 7) is 10.2. The van der Waals surface area contributed by atoms with Crippen molar-refractivity contribution in [2.45, 2.75) is 60.3 Å². The quantitative estimate of drug-likeness (QED) is 0.469. The van der Waals surface area contributed by atoms with Gasteiger partial charge in [0.1, 0.15) is 4.64 Å². The molecule has 0 unspecified atom stereocenters. The number of nitrogens with zero attached hydrogens (tertiary/aromatic N) is 2. The van der Waals surface area contributed by atoms with Crippen molar-refractivity contribution in [2.75, 3.05) is 0 Å². The molecule has 0 saturated heterocycles. The van der Waals surface area contributed by atoms with Gasteiger partial charge in [-0.1, -0.05) is 75.0 Å². The molecule has 150 valence electrons. The van der Waals surface area contributed by atoms with Crippen LogP contribution in [0.1, 0.15) is 56.9 Å². The predicted molar refractivity (Wildman–Crippen MR) is 121 cm³/mol. The third kappa shape index (κ3) is 9.00. The van der Waals surface area contributed by atoms with E-state index in [1.807, 2.05) is 20.8 Å². The number of hydrogen-bond acceptors (Lipinski definition) is 2. The molecule has 0 aliphatic heterocycles. The van der Waals surface area contributed by atoms with E-state index in [-0.39, 0.29) is 5.69 Å². The van der Waals surface area contributed by atoms with Crippen LogP contribution in [-0.4, -0.2) is 9.13 Å². The van der Waals surface area contributed by atoms with Crippen molar-refractivity contribution in [3.8, 4) is 0 Å². The number of aryl methyl sites for hydroxylation is 1. The van der Waals surface area contributed by atoms with Crippen LogP contribution in [0, 0.1) is 18.5 Å². The van der Waals surface area contributed by atoms with Gasteiger partial charge in [0.05, 0.1) is 0 Å². The van der Waals surface area contributed by atoms with Gasteiger partial charge in [-0.3, -0.25) is 4.57 Å². The Hall–Kier alpha value is -1.94. The van der Waals surface area contributed by atoms with Gasteiger partial charge in [0.2, 0.25) is 0 Å². The zero-order chi connectivity index (χ0) is 20.8. The normalized spacial score (nSPS) is 10.0. The van der Waals surface area contributed by atoms with Gasteiger partial charge < -0.3 is 4.57 Å². The van der Waals surface area contributed by atoms with Gasteiger partial charge in [-0.15, -0.1) is 0 Å². The summed E-state index contributed by atoms with van der Waals surface area (Å²) in [5.41, 5.74) is 3.32. The highest BCUT2D eigenvalue weighted by Crippen LogP contribution is 2.04.